The van der Waals surface area contributed by atoms with Crippen LogP contribution < -0.4 is 10.1 Å². The highest BCUT2D eigenvalue weighted by Gasteiger charge is 2.12. The number of nitrogens with one attached hydrogen (secondary N) is 2. The number of fused-ring (bicyclic) bond motifs is 1. The topological polar surface area (TPSA) is 67.0 Å². The van der Waals surface area contributed by atoms with Crippen LogP contribution in [0.15, 0.2) is 36.7 Å². The van der Waals surface area contributed by atoms with Crippen LogP contribution in [0.2, 0.25) is 0 Å². The zero-order chi connectivity index (χ0) is 14.7. The molecule has 2 N–H and O–H groups in total. The molecule has 0 saturated carbocycles. The molecule has 1 atom stereocenters. The van der Waals surface area contributed by atoms with Crippen LogP contribution in [0.1, 0.15) is 29.9 Å². The number of amides is 1. The molecule has 1 aliphatic heterocycles. The van der Waals surface area contributed by atoms with Gasteiger partial charge in [-0.3, -0.25) is 4.79 Å². The van der Waals surface area contributed by atoms with Gasteiger partial charge in [-0.25, -0.2) is 4.98 Å². The van der Waals surface area contributed by atoms with E-state index in [1.807, 2.05) is 25.1 Å². The summed E-state index contributed by atoms with van der Waals surface area (Å²) in [5.41, 5.74) is 2.20. The number of aromatic amines is 1. The molecular weight excluding hydrogens is 266 g/mol. The molecule has 2 aromatic rings. The fourth-order valence-corrected chi connectivity index (χ4v) is 2.33. The van der Waals surface area contributed by atoms with Gasteiger partial charge in [0.15, 0.2) is 0 Å². The van der Waals surface area contributed by atoms with Gasteiger partial charge in [-0.2, -0.15) is 0 Å². The molecular formula is C16H17N3O2. The molecule has 5 nitrogen and oxygen atoms in total. The number of nitrogens with zero attached hydrogens (tertiary/aromatic N) is 1. The summed E-state index contributed by atoms with van der Waals surface area (Å²) in [6, 6.07) is 5.81. The maximum atomic E-state index is 11.9. The lowest BCUT2D eigenvalue weighted by atomic mass is 10.1. The van der Waals surface area contributed by atoms with Crippen molar-refractivity contribution in [2.45, 2.75) is 19.4 Å². The second-order valence-electron chi connectivity index (χ2n) is 5.00. The number of hydrogen-bond donors (Lipinski definition) is 2. The molecule has 2 heterocycles. The van der Waals surface area contributed by atoms with Crippen molar-refractivity contribution in [1.29, 1.82) is 0 Å². The monoisotopic (exact) mass is 283 g/mol. The summed E-state index contributed by atoms with van der Waals surface area (Å²) < 4.78 is 5.46. The minimum atomic E-state index is -0.148. The Bertz CT molecular complexity index is 662. The largest absolute Gasteiger partial charge is 0.493 e. The maximum Gasteiger partial charge on any atom is 0.244 e. The lowest BCUT2D eigenvalue weighted by Crippen LogP contribution is -2.25. The summed E-state index contributed by atoms with van der Waals surface area (Å²) in [5.74, 6) is 1.55. The van der Waals surface area contributed by atoms with Crippen molar-refractivity contribution in [2.24, 2.45) is 0 Å². The van der Waals surface area contributed by atoms with Crippen LogP contribution >= 0.6 is 0 Å². The lowest BCUT2D eigenvalue weighted by Gasteiger charge is -2.09. The molecule has 0 bridgehead atoms. The average Bonchev–Trinajstić information content (AvgIpc) is 3.15. The molecule has 1 aromatic carbocycles. The first kappa shape index (κ1) is 13.4. The second kappa shape index (κ2) is 5.83. The molecule has 3 rings (SSSR count). The highest BCUT2D eigenvalue weighted by molar-refractivity contribution is 5.91. The molecule has 0 radical (unpaired) electrons. The van der Waals surface area contributed by atoms with Crippen molar-refractivity contribution in [3.63, 3.8) is 0 Å². The van der Waals surface area contributed by atoms with E-state index in [1.165, 1.54) is 11.6 Å². The second-order valence-corrected chi connectivity index (χ2v) is 5.00. The molecule has 1 unspecified atom stereocenters. The van der Waals surface area contributed by atoms with Crippen molar-refractivity contribution in [2.75, 3.05) is 6.61 Å². The summed E-state index contributed by atoms with van der Waals surface area (Å²) in [4.78, 5) is 19.0. The van der Waals surface area contributed by atoms with E-state index < -0.39 is 0 Å². The van der Waals surface area contributed by atoms with Gasteiger partial charge in [0, 0.05) is 24.9 Å². The Labute approximate surface area is 123 Å². The van der Waals surface area contributed by atoms with E-state index in [1.54, 1.807) is 12.4 Å². The predicted octanol–water partition coefficient (Wildman–Crippen LogP) is 2.24. The van der Waals surface area contributed by atoms with Crippen molar-refractivity contribution < 1.29 is 9.53 Å². The van der Waals surface area contributed by atoms with Gasteiger partial charge in [0.05, 0.1) is 12.6 Å². The first-order chi connectivity index (χ1) is 10.2. The van der Waals surface area contributed by atoms with Gasteiger partial charge in [-0.1, -0.05) is 6.07 Å². The van der Waals surface area contributed by atoms with E-state index >= 15 is 0 Å². The molecule has 0 aliphatic carbocycles. The smallest absolute Gasteiger partial charge is 0.244 e. The van der Waals surface area contributed by atoms with Crippen LogP contribution in [0, 0.1) is 0 Å². The Hall–Kier alpha value is -2.56. The first-order valence-corrected chi connectivity index (χ1v) is 6.96. The average molecular weight is 283 g/mol. The van der Waals surface area contributed by atoms with E-state index in [-0.39, 0.29) is 11.9 Å². The SMILES string of the molecule is CC(NC(=O)/C=C/c1ccc2c(c1)CCO2)c1ncc[nH]1. The summed E-state index contributed by atoms with van der Waals surface area (Å²) in [5, 5.41) is 2.86. The van der Waals surface area contributed by atoms with E-state index in [4.69, 9.17) is 4.74 Å². The van der Waals surface area contributed by atoms with Crippen molar-refractivity contribution >= 4 is 12.0 Å². The number of ether oxygens (including phenoxy) is 1. The lowest BCUT2D eigenvalue weighted by molar-refractivity contribution is -0.117. The maximum absolute atomic E-state index is 11.9. The summed E-state index contributed by atoms with van der Waals surface area (Å²) in [6.45, 7) is 2.63. The molecule has 0 spiro atoms. The van der Waals surface area contributed by atoms with Gasteiger partial charge in [-0.15, -0.1) is 0 Å². The third kappa shape index (κ3) is 3.13. The Morgan fingerprint density at radius 2 is 2.43 bits per heavy atom. The van der Waals surface area contributed by atoms with E-state index in [9.17, 15) is 4.79 Å². The quantitative estimate of drug-likeness (QED) is 0.846. The van der Waals surface area contributed by atoms with Gasteiger partial charge >= 0.3 is 0 Å². The summed E-state index contributed by atoms with van der Waals surface area (Å²) in [6.07, 6.45) is 7.68. The van der Waals surface area contributed by atoms with Gasteiger partial charge in [0.2, 0.25) is 5.91 Å². The van der Waals surface area contributed by atoms with Crippen LogP contribution in [0.5, 0.6) is 5.75 Å². The Morgan fingerprint density at radius 3 is 3.24 bits per heavy atom. The Kier molecular flexibility index (Phi) is 3.73. The van der Waals surface area contributed by atoms with E-state index in [0.717, 1.165) is 30.2 Å². The van der Waals surface area contributed by atoms with Crippen LogP contribution in [0.3, 0.4) is 0 Å². The fourth-order valence-electron chi connectivity index (χ4n) is 2.33. The van der Waals surface area contributed by atoms with Gasteiger partial charge in [0.1, 0.15) is 11.6 Å². The zero-order valence-corrected chi connectivity index (χ0v) is 11.8. The molecule has 0 saturated heterocycles. The number of hydrogen-bond acceptors (Lipinski definition) is 3. The molecule has 1 aromatic heterocycles. The van der Waals surface area contributed by atoms with E-state index in [2.05, 4.69) is 21.4 Å². The molecule has 21 heavy (non-hydrogen) atoms. The minimum Gasteiger partial charge on any atom is -0.493 e. The normalized spacial score (nSPS) is 14.7. The molecule has 108 valence electrons. The zero-order valence-electron chi connectivity index (χ0n) is 11.8. The van der Waals surface area contributed by atoms with Crippen LogP contribution in [0.25, 0.3) is 6.08 Å². The molecule has 1 aliphatic rings. The minimum absolute atomic E-state index is 0.143. The Morgan fingerprint density at radius 1 is 1.52 bits per heavy atom. The van der Waals surface area contributed by atoms with Crippen LogP contribution in [-0.4, -0.2) is 22.5 Å². The third-order valence-corrected chi connectivity index (χ3v) is 3.43. The number of benzene rings is 1. The molecule has 5 heteroatoms. The van der Waals surface area contributed by atoms with Gasteiger partial charge < -0.3 is 15.0 Å². The third-order valence-electron chi connectivity index (χ3n) is 3.43. The van der Waals surface area contributed by atoms with Crippen molar-refractivity contribution in [1.82, 2.24) is 15.3 Å². The summed E-state index contributed by atoms with van der Waals surface area (Å²) >= 11 is 0. The van der Waals surface area contributed by atoms with Gasteiger partial charge in [0.25, 0.3) is 0 Å². The predicted molar refractivity (Wildman–Crippen MR) is 79.8 cm³/mol. The molecule has 0 fully saturated rings. The number of carbonyl (C=O) groups excluding carboxylic acids is 1. The van der Waals surface area contributed by atoms with Crippen molar-refractivity contribution in [3.05, 3.63) is 53.6 Å². The van der Waals surface area contributed by atoms with Crippen LogP contribution in [-0.2, 0) is 11.2 Å². The number of carbonyl (C=O) groups is 1. The molecule has 1 amide bonds. The van der Waals surface area contributed by atoms with Crippen LogP contribution in [0.4, 0.5) is 0 Å². The number of imidazole rings is 1. The Balaban J connectivity index is 1.62. The number of aromatic nitrogens is 2. The van der Waals surface area contributed by atoms with E-state index in [0.29, 0.717) is 0 Å². The number of H-pyrrole nitrogens is 1. The highest BCUT2D eigenvalue weighted by Crippen LogP contribution is 2.26. The van der Waals surface area contributed by atoms with Gasteiger partial charge in [-0.05, 0) is 36.3 Å². The fraction of sp³-hybridized carbons (Fsp3) is 0.250. The highest BCUT2D eigenvalue weighted by atomic mass is 16.5. The first-order valence-electron chi connectivity index (χ1n) is 6.96. The number of rotatable bonds is 4. The summed E-state index contributed by atoms with van der Waals surface area (Å²) in [7, 11) is 0. The van der Waals surface area contributed by atoms with Crippen molar-refractivity contribution in [3.8, 4) is 5.75 Å². The standard InChI is InChI=1S/C16H17N3O2/c1-11(16-17-7-8-18-16)19-15(20)5-3-12-2-4-14-13(10-12)6-9-21-14/h2-5,7-8,10-11H,6,9H2,1H3,(H,17,18)(H,19,20)/b5-3+.